The van der Waals surface area contributed by atoms with Gasteiger partial charge in [0.2, 0.25) is 0 Å². The molecule has 0 aliphatic carbocycles. The van der Waals surface area contributed by atoms with E-state index in [4.69, 9.17) is 9.47 Å². The van der Waals surface area contributed by atoms with E-state index in [1.807, 2.05) is 105 Å². The lowest BCUT2D eigenvalue weighted by molar-refractivity contribution is -0.146. The van der Waals surface area contributed by atoms with Crippen molar-refractivity contribution in [3.8, 4) is 5.75 Å². The first-order valence-electron chi connectivity index (χ1n) is 17.4. The maximum atomic E-state index is 14.9. The van der Waals surface area contributed by atoms with Crippen molar-refractivity contribution in [1.29, 1.82) is 0 Å². The lowest BCUT2D eigenvalue weighted by Gasteiger charge is -2.32. The third kappa shape index (κ3) is 5.27. The van der Waals surface area contributed by atoms with Crippen LogP contribution < -0.4 is 14.5 Å². The first-order valence-corrected chi connectivity index (χ1v) is 20.4. The molecule has 4 atom stereocenters. The number of nitrogens with zero attached hydrogens (tertiary/aromatic N) is 5. The van der Waals surface area contributed by atoms with E-state index in [0.29, 0.717) is 42.9 Å². The quantitative estimate of drug-likeness (QED) is 0.177. The van der Waals surface area contributed by atoms with E-state index < -0.39 is 20.0 Å². The summed E-state index contributed by atoms with van der Waals surface area (Å²) in [4.78, 5) is 43.7. The fourth-order valence-corrected chi connectivity index (χ4v) is 11.3. The van der Waals surface area contributed by atoms with Gasteiger partial charge in [-0.2, -0.15) is 0 Å². The predicted octanol–water partition coefficient (Wildman–Crippen LogP) is 5.70. The lowest BCUT2D eigenvalue weighted by Crippen LogP contribution is -2.46. The van der Waals surface area contributed by atoms with Crippen LogP contribution in [0.4, 0.5) is 17.1 Å². The van der Waals surface area contributed by atoms with E-state index in [1.54, 1.807) is 21.6 Å². The minimum Gasteiger partial charge on any atom is -0.497 e. The summed E-state index contributed by atoms with van der Waals surface area (Å²) >= 11 is 0. The van der Waals surface area contributed by atoms with E-state index in [1.165, 1.54) is 0 Å². The minimum atomic E-state index is -2.86. The molecule has 1 fully saturated rings. The highest BCUT2D eigenvalue weighted by molar-refractivity contribution is 6.71. The lowest BCUT2D eigenvalue weighted by atomic mass is 9.82. The molecule has 11 nitrogen and oxygen atoms in total. The van der Waals surface area contributed by atoms with Crippen LogP contribution in [0.1, 0.15) is 40.5 Å². The highest BCUT2D eigenvalue weighted by atomic mass is 28.4. The van der Waals surface area contributed by atoms with Gasteiger partial charge in [0.1, 0.15) is 5.75 Å². The molecule has 8 rings (SSSR count). The number of amides is 2. The molecule has 3 aliphatic heterocycles. The summed E-state index contributed by atoms with van der Waals surface area (Å²) in [5.41, 5.74) is 3.83. The monoisotopic (exact) mass is 703 g/mol. The number of aliphatic hydroxyl groups excluding tert-OH is 1. The molecule has 5 aromatic rings. The van der Waals surface area contributed by atoms with Crippen LogP contribution in [-0.2, 0) is 34.6 Å². The second kappa shape index (κ2) is 12.4. The van der Waals surface area contributed by atoms with E-state index in [2.05, 4.69) is 10.3 Å². The highest BCUT2D eigenvalue weighted by Gasteiger charge is 2.66. The Hall–Kier alpha value is -4.88. The number of ether oxygens (including phenoxy) is 2. The van der Waals surface area contributed by atoms with Gasteiger partial charge in [0, 0.05) is 53.9 Å². The Balaban J connectivity index is 1.10. The zero-order chi connectivity index (χ0) is 35.7. The molecule has 1 aromatic heterocycles. The van der Waals surface area contributed by atoms with E-state index >= 15 is 0 Å². The topological polar surface area (TPSA) is 130 Å². The molecule has 0 bridgehead atoms. The fraction of sp³-hybridized carbons (Fsp3) is 0.333. The van der Waals surface area contributed by atoms with E-state index in [0.717, 1.165) is 39.0 Å². The summed E-state index contributed by atoms with van der Waals surface area (Å²) in [6.45, 7) is 6.62. The molecule has 0 saturated carbocycles. The molecule has 51 heavy (non-hydrogen) atoms. The maximum absolute atomic E-state index is 14.9. The zero-order valence-corrected chi connectivity index (χ0v) is 30.1. The molecule has 3 aliphatic rings. The third-order valence-corrected chi connectivity index (χ3v) is 13.4. The Kier molecular flexibility index (Phi) is 8.10. The van der Waals surface area contributed by atoms with Gasteiger partial charge >= 0.3 is 0 Å². The number of fused-ring (bicyclic) bond motifs is 2. The van der Waals surface area contributed by atoms with Gasteiger partial charge in [-0.15, -0.1) is 5.10 Å². The Morgan fingerprint density at radius 2 is 1.76 bits per heavy atom. The second-order valence-electron chi connectivity index (χ2n) is 14.4. The van der Waals surface area contributed by atoms with Gasteiger partial charge in [0.15, 0.2) is 13.9 Å². The Morgan fingerprint density at radius 1 is 1.00 bits per heavy atom. The van der Waals surface area contributed by atoms with Crippen LogP contribution in [0, 0.1) is 5.92 Å². The van der Waals surface area contributed by atoms with Gasteiger partial charge in [0.05, 0.1) is 42.4 Å². The number of aliphatic hydroxyl groups is 1. The Bertz CT molecular complexity index is 2160. The van der Waals surface area contributed by atoms with Crippen LogP contribution in [-0.4, -0.2) is 64.8 Å². The summed E-state index contributed by atoms with van der Waals surface area (Å²) in [5.74, 6) is 0.0612. The maximum Gasteiger partial charge on any atom is 0.264 e. The molecule has 0 unspecified atom stereocenters. The van der Waals surface area contributed by atoms with Crippen LogP contribution in [0.2, 0.25) is 18.6 Å². The molecule has 0 radical (unpaired) electrons. The molecule has 2 N–H and O–H groups in total. The number of aryl methyl sites for hydroxylation is 1. The van der Waals surface area contributed by atoms with Gasteiger partial charge < -0.3 is 24.3 Å². The molecule has 1 saturated heterocycles. The third-order valence-electron chi connectivity index (χ3n) is 10.9. The van der Waals surface area contributed by atoms with Crippen molar-refractivity contribution in [1.82, 2.24) is 15.0 Å². The van der Waals surface area contributed by atoms with Gasteiger partial charge in [-0.1, -0.05) is 48.5 Å². The average Bonchev–Trinajstić information content (AvgIpc) is 3.84. The van der Waals surface area contributed by atoms with Crippen LogP contribution in [0.3, 0.4) is 0 Å². The van der Waals surface area contributed by atoms with Gasteiger partial charge in [-0.05, 0) is 72.9 Å². The smallest absolute Gasteiger partial charge is 0.264 e. The largest absolute Gasteiger partial charge is 0.497 e. The van der Waals surface area contributed by atoms with Crippen LogP contribution in [0.5, 0.6) is 5.75 Å². The van der Waals surface area contributed by atoms with Crippen molar-refractivity contribution in [3.63, 3.8) is 0 Å². The number of benzene rings is 4. The van der Waals surface area contributed by atoms with Crippen molar-refractivity contribution in [2.45, 2.75) is 63.2 Å². The summed E-state index contributed by atoms with van der Waals surface area (Å²) in [5, 5.41) is 19.6. The number of rotatable bonds is 10. The number of carbonyl (C=O) groups is 2. The SMILES string of the molecule is COc1ccc2c(c1)[C@@]1(O[C@H](CCn3cc(CCO)nn3)[C@@H]([Si](C)(C)O)[C@@H]1C)C(=O)N2Cc1ccc(N2C(=O)c3cccc4cccc2c34)cc1. The second-order valence-corrected chi connectivity index (χ2v) is 18.3. The van der Waals surface area contributed by atoms with Crippen molar-refractivity contribution < 1.29 is 29.0 Å². The van der Waals surface area contributed by atoms with Crippen LogP contribution >= 0.6 is 0 Å². The average molecular weight is 704 g/mol. The van der Waals surface area contributed by atoms with Crippen molar-refractivity contribution in [3.05, 3.63) is 107 Å². The fourth-order valence-electron chi connectivity index (χ4n) is 8.65. The van der Waals surface area contributed by atoms with Gasteiger partial charge in [-0.25, -0.2) is 0 Å². The van der Waals surface area contributed by atoms with Crippen molar-refractivity contribution in [2.24, 2.45) is 5.92 Å². The normalized spacial score (nSPS) is 22.5. The number of carbonyl (C=O) groups excluding carboxylic acids is 2. The summed E-state index contributed by atoms with van der Waals surface area (Å²) in [6, 6.07) is 25.2. The summed E-state index contributed by atoms with van der Waals surface area (Å²) in [7, 11) is -1.26. The van der Waals surface area contributed by atoms with Gasteiger partial charge in [-0.3, -0.25) is 19.2 Å². The summed E-state index contributed by atoms with van der Waals surface area (Å²) in [6.07, 6.45) is 2.35. The number of aromatic nitrogens is 3. The number of hydrogen-bond donors (Lipinski definition) is 2. The van der Waals surface area contributed by atoms with Crippen molar-refractivity contribution in [2.75, 3.05) is 23.5 Å². The molecule has 4 aromatic carbocycles. The minimum absolute atomic E-state index is 0.00771. The van der Waals surface area contributed by atoms with E-state index in [9.17, 15) is 19.5 Å². The molecule has 12 heteroatoms. The first kappa shape index (κ1) is 33.3. The molecule has 1 spiro atoms. The summed E-state index contributed by atoms with van der Waals surface area (Å²) < 4.78 is 14.3. The van der Waals surface area contributed by atoms with Crippen LogP contribution in [0.15, 0.2) is 85.1 Å². The van der Waals surface area contributed by atoms with E-state index in [-0.39, 0.29) is 29.9 Å². The van der Waals surface area contributed by atoms with Crippen molar-refractivity contribution >= 4 is 48.0 Å². The molecular weight excluding hydrogens is 663 g/mol. The Labute approximate surface area is 297 Å². The molecular formula is C39H41N5O6Si. The van der Waals surface area contributed by atoms with Gasteiger partial charge in [0.25, 0.3) is 11.8 Å². The first-order chi connectivity index (χ1) is 24.5. The highest BCUT2D eigenvalue weighted by Crippen LogP contribution is 2.60. The molecule has 262 valence electrons. The molecule has 4 heterocycles. The standard InChI is InChI=1S/C39H41N5O6Si/c1-24-36(51(3,4)48)34(17-19-42-23-27(18-20-45)40-41-42)50-39(24)31-21-29(49-2)15-16-32(31)43(38(39)47)22-25-11-13-28(14-12-25)44-33-10-6-8-26-7-5-9-30(35(26)33)37(44)46/h5-16,21,23-24,34,36,45,48H,17-20,22H2,1-4H3/t24-,34+,36-,39+/m0/s1. The zero-order valence-electron chi connectivity index (χ0n) is 29.1. The molecule has 2 amide bonds. The number of anilines is 3. The Morgan fingerprint density at radius 3 is 2.49 bits per heavy atom. The predicted molar refractivity (Wildman–Crippen MR) is 196 cm³/mol. The number of hydrogen-bond acceptors (Lipinski definition) is 8. The van der Waals surface area contributed by atoms with Crippen LogP contribution in [0.25, 0.3) is 10.8 Å². The number of methoxy groups -OCH3 is 1.